The highest BCUT2D eigenvalue weighted by Crippen LogP contribution is 2.25. The Morgan fingerprint density at radius 2 is 1.96 bits per heavy atom. The second-order valence-corrected chi connectivity index (χ2v) is 6.57. The molecule has 6 atom stereocenters. The summed E-state index contributed by atoms with van der Waals surface area (Å²) in [5.41, 5.74) is 5.84. The maximum Gasteiger partial charge on any atom is 0.237 e. The number of hydrogen-bond acceptors (Lipinski definition) is 7. The molecule has 0 aliphatic carbocycles. The van der Waals surface area contributed by atoms with Gasteiger partial charge in [0.25, 0.3) is 0 Å². The van der Waals surface area contributed by atoms with E-state index in [0.29, 0.717) is 32.0 Å². The first kappa shape index (κ1) is 18.6. The van der Waals surface area contributed by atoms with Gasteiger partial charge in [-0.25, -0.2) is 0 Å². The molecule has 3 heterocycles. The van der Waals surface area contributed by atoms with Crippen LogP contribution in [0.1, 0.15) is 26.7 Å². The minimum atomic E-state index is -1.17. The topological polar surface area (TPSA) is 123 Å². The number of ether oxygens (including phenoxy) is 3. The maximum atomic E-state index is 12.0. The van der Waals surface area contributed by atoms with Crippen LogP contribution in [0.15, 0.2) is 0 Å². The largest absolute Gasteiger partial charge is 0.387 e. The molecule has 3 fully saturated rings. The van der Waals surface area contributed by atoms with E-state index in [1.165, 1.54) is 0 Å². The molecule has 0 saturated carbocycles. The van der Waals surface area contributed by atoms with Crippen molar-refractivity contribution in [2.75, 3.05) is 19.8 Å². The molecule has 0 radical (unpaired) electrons. The zero-order chi connectivity index (χ0) is 17.0. The SMILES string of the molecule is CC(C)C[C@H](N)C(=O)NCC1OC2OCCCOC1C(O)C2O. The molecule has 3 aliphatic heterocycles. The molecule has 3 rings (SSSR count). The zero-order valence-corrected chi connectivity index (χ0v) is 13.7. The molecule has 3 saturated heterocycles. The number of aliphatic hydroxyl groups is 2. The number of hydrogen-bond donors (Lipinski definition) is 4. The Labute approximate surface area is 136 Å². The van der Waals surface area contributed by atoms with Gasteiger partial charge in [-0.1, -0.05) is 13.8 Å². The number of fused-ring (bicyclic) bond motifs is 6. The van der Waals surface area contributed by atoms with Crippen molar-refractivity contribution in [1.29, 1.82) is 0 Å². The second kappa shape index (κ2) is 8.36. The van der Waals surface area contributed by atoms with Crippen molar-refractivity contribution in [2.24, 2.45) is 11.7 Å². The molecule has 0 spiro atoms. The fraction of sp³-hybridized carbons (Fsp3) is 0.933. The fourth-order valence-electron chi connectivity index (χ4n) is 2.84. The Morgan fingerprint density at radius 1 is 1.26 bits per heavy atom. The molecule has 5 N–H and O–H groups in total. The van der Waals surface area contributed by atoms with Gasteiger partial charge >= 0.3 is 0 Å². The lowest BCUT2D eigenvalue weighted by molar-refractivity contribution is -0.292. The third-order valence-electron chi connectivity index (χ3n) is 4.06. The van der Waals surface area contributed by atoms with Crippen molar-refractivity contribution < 1.29 is 29.2 Å². The monoisotopic (exact) mass is 332 g/mol. The summed E-state index contributed by atoms with van der Waals surface area (Å²) in [6.45, 7) is 4.90. The van der Waals surface area contributed by atoms with E-state index in [9.17, 15) is 15.0 Å². The summed E-state index contributed by atoms with van der Waals surface area (Å²) in [4.78, 5) is 12.0. The van der Waals surface area contributed by atoms with Gasteiger partial charge in [0.15, 0.2) is 6.29 Å². The molecule has 8 nitrogen and oxygen atoms in total. The number of aliphatic hydroxyl groups excluding tert-OH is 2. The highest BCUT2D eigenvalue weighted by Gasteiger charge is 2.46. The van der Waals surface area contributed by atoms with Crippen LogP contribution in [0.5, 0.6) is 0 Å². The lowest BCUT2D eigenvalue weighted by Gasteiger charge is -2.41. The first-order valence-electron chi connectivity index (χ1n) is 8.18. The molecular weight excluding hydrogens is 304 g/mol. The van der Waals surface area contributed by atoms with Crippen LogP contribution in [-0.4, -0.2) is 72.6 Å². The summed E-state index contributed by atoms with van der Waals surface area (Å²) >= 11 is 0. The van der Waals surface area contributed by atoms with Crippen molar-refractivity contribution in [2.45, 2.75) is 63.4 Å². The number of amides is 1. The molecule has 23 heavy (non-hydrogen) atoms. The summed E-state index contributed by atoms with van der Waals surface area (Å²) in [6, 6.07) is -0.587. The summed E-state index contributed by atoms with van der Waals surface area (Å²) < 4.78 is 16.7. The van der Waals surface area contributed by atoms with Crippen LogP contribution >= 0.6 is 0 Å². The standard InChI is InChI=1S/C15H28N2O6/c1-8(2)6-9(16)14(20)17-7-10-13-11(18)12(19)15(23-10)22-5-3-4-21-13/h8-13,15,18-19H,3-7,16H2,1-2H3,(H,17,20)/t9-,10?,11?,12?,13?,15?/m0/s1. The van der Waals surface area contributed by atoms with Gasteiger partial charge in [-0.15, -0.1) is 0 Å². The van der Waals surface area contributed by atoms with Crippen LogP contribution in [0.25, 0.3) is 0 Å². The number of nitrogens with two attached hydrogens (primary N) is 1. The van der Waals surface area contributed by atoms with E-state index in [4.69, 9.17) is 19.9 Å². The number of carbonyl (C=O) groups is 1. The van der Waals surface area contributed by atoms with Crippen molar-refractivity contribution in [1.82, 2.24) is 5.32 Å². The number of carbonyl (C=O) groups excluding carboxylic acids is 1. The van der Waals surface area contributed by atoms with Crippen LogP contribution < -0.4 is 11.1 Å². The van der Waals surface area contributed by atoms with Crippen LogP contribution in [-0.2, 0) is 19.0 Å². The minimum Gasteiger partial charge on any atom is -0.387 e. The molecule has 134 valence electrons. The van der Waals surface area contributed by atoms with Crippen LogP contribution in [0.2, 0.25) is 0 Å². The molecular formula is C15H28N2O6. The summed E-state index contributed by atoms with van der Waals surface area (Å²) in [5, 5.41) is 22.9. The average molecular weight is 332 g/mol. The Bertz CT molecular complexity index is 392. The minimum absolute atomic E-state index is 0.138. The molecule has 0 aromatic heterocycles. The predicted octanol–water partition coefficient (Wildman–Crippen LogP) is -1.27. The lowest BCUT2D eigenvalue weighted by Crippen LogP contribution is -2.61. The molecule has 0 aromatic carbocycles. The Morgan fingerprint density at radius 3 is 2.65 bits per heavy atom. The van der Waals surface area contributed by atoms with E-state index in [0.717, 1.165) is 0 Å². The maximum absolute atomic E-state index is 12.0. The third kappa shape index (κ3) is 4.85. The lowest BCUT2D eigenvalue weighted by atomic mass is 9.98. The second-order valence-electron chi connectivity index (χ2n) is 6.57. The first-order chi connectivity index (χ1) is 10.9. The Kier molecular flexibility index (Phi) is 6.75. The van der Waals surface area contributed by atoms with E-state index in [1.54, 1.807) is 0 Å². The van der Waals surface area contributed by atoms with Gasteiger partial charge in [-0.05, 0) is 18.8 Å². The molecule has 0 aromatic rings. The van der Waals surface area contributed by atoms with E-state index in [1.807, 2.05) is 13.8 Å². The normalized spacial score (nSPS) is 36.2. The van der Waals surface area contributed by atoms with Crippen molar-refractivity contribution in [3.8, 4) is 0 Å². The molecule has 2 bridgehead atoms. The smallest absolute Gasteiger partial charge is 0.237 e. The Balaban J connectivity index is 1.94. The van der Waals surface area contributed by atoms with E-state index < -0.39 is 36.7 Å². The van der Waals surface area contributed by atoms with Gasteiger partial charge in [0.2, 0.25) is 5.91 Å². The summed E-state index contributed by atoms with van der Waals surface area (Å²) in [5.74, 6) is 0.0515. The van der Waals surface area contributed by atoms with Crippen molar-refractivity contribution in [3.05, 3.63) is 0 Å². The van der Waals surface area contributed by atoms with Gasteiger partial charge in [0, 0.05) is 13.2 Å². The predicted molar refractivity (Wildman–Crippen MR) is 81.4 cm³/mol. The van der Waals surface area contributed by atoms with Crippen molar-refractivity contribution >= 4 is 5.91 Å². The number of rotatable bonds is 5. The van der Waals surface area contributed by atoms with Crippen molar-refractivity contribution in [3.63, 3.8) is 0 Å². The van der Waals surface area contributed by atoms with E-state index >= 15 is 0 Å². The fourth-order valence-corrected chi connectivity index (χ4v) is 2.84. The third-order valence-corrected chi connectivity index (χ3v) is 4.06. The van der Waals surface area contributed by atoms with Crippen LogP contribution in [0, 0.1) is 5.92 Å². The highest BCUT2D eigenvalue weighted by molar-refractivity contribution is 5.81. The quantitative estimate of drug-likeness (QED) is 0.495. The Hall–Kier alpha value is -0.770. The molecule has 3 aliphatic rings. The van der Waals surface area contributed by atoms with Crippen LogP contribution in [0.3, 0.4) is 0 Å². The number of nitrogens with one attached hydrogen (secondary N) is 1. The molecule has 8 heteroatoms. The van der Waals surface area contributed by atoms with Gasteiger partial charge < -0.3 is 35.5 Å². The molecule has 5 unspecified atom stereocenters. The first-order valence-corrected chi connectivity index (χ1v) is 8.18. The van der Waals surface area contributed by atoms with E-state index in [-0.39, 0.29) is 12.5 Å². The van der Waals surface area contributed by atoms with Gasteiger partial charge in [0.1, 0.15) is 24.4 Å². The van der Waals surface area contributed by atoms with Gasteiger partial charge in [-0.2, -0.15) is 0 Å². The summed E-state index contributed by atoms with van der Waals surface area (Å²) in [6.07, 6.45) is -3.31. The van der Waals surface area contributed by atoms with Gasteiger partial charge in [0.05, 0.1) is 12.6 Å². The highest BCUT2D eigenvalue weighted by atomic mass is 16.7. The van der Waals surface area contributed by atoms with Gasteiger partial charge in [-0.3, -0.25) is 4.79 Å². The van der Waals surface area contributed by atoms with E-state index in [2.05, 4.69) is 5.32 Å². The van der Waals surface area contributed by atoms with Crippen LogP contribution in [0.4, 0.5) is 0 Å². The molecule has 1 amide bonds. The zero-order valence-electron chi connectivity index (χ0n) is 13.7. The average Bonchev–Trinajstić information content (AvgIpc) is 2.63. The summed E-state index contributed by atoms with van der Waals surface area (Å²) in [7, 11) is 0.